The Morgan fingerprint density at radius 2 is 1.81 bits per heavy atom. The molecule has 3 aromatic rings. The van der Waals surface area contributed by atoms with Gasteiger partial charge in [0.2, 0.25) is 12.7 Å². The number of phenols is 2. The molecule has 14 nitrogen and oxygen atoms in total. The van der Waals surface area contributed by atoms with Gasteiger partial charge in [-0.15, -0.1) is 11.8 Å². The van der Waals surface area contributed by atoms with Crippen LogP contribution in [0.25, 0.3) is 0 Å². The molecule has 0 saturated carbocycles. The third-order valence-electron chi connectivity index (χ3n) is 12.4. The Labute approximate surface area is 316 Å². The molecule has 4 bridgehead atoms. The number of hydrogen-bond acceptors (Lipinski definition) is 14. The molecular formula is C39H44N4O10S. The summed E-state index contributed by atoms with van der Waals surface area (Å²) in [6.45, 7) is 5.60. The summed E-state index contributed by atoms with van der Waals surface area (Å²) >= 11 is 1.51. The summed E-state index contributed by atoms with van der Waals surface area (Å²) in [7, 11) is 4.99. The molecule has 5 N–H and O–H groups in total. The molecule has 10 rings (SSSR count). The number of amides is 1. The third kappa shape index (κ3) is 4.74. The Bertz CT molecular complexity index is 2130. The van der Waals surface area contributed by atoms with E-state index < -0.39 is 41.1 Å². The molecule has 15 heteroatoms. The van der Waals surface area contributed by atoms with Crippen LogP contribution in [-0.2, 0) is 28.0 Å². The van der Waals surface area contributed by atoms with Crippen LogP contribution in [0.15, 0.2) is 18.2 Å². The Balaban J connectivity index is 1.32. The number of ether oxygens (including phenoxy) is 5. The number of aliphatic hydroxyl groups excluding tert-OH is 1. The zero-order valence-electron chi connectivity index (χ0n) is 30.9. The van der Waals surface area contributed by atoms with Crippen LogP contribution >= 0.6 is 11.8 Å². The summed E-state index contributed by atoms with van der Waals surface area (Å²) in [5, 5.41) is 41.6. The number of carbonyl (C=O) groups excluding carboxylic acids is 2. The van der Waals surface area contributed by atoms with Crippen molar-refractivity contribution in [2.75, 3.05) is 46.9 Å². The van der Waals surface area contributed by atoms with Crippen molar-refractivity contribution in [2.45, 2.75) is 74.8 Å². The van der Waals surface area contributed by atoms with Crippen LogP contribution in [-0.4, -0.2) is 102 Å². The van der Waals surface area contributed by atoms with E-state index in [4.69, 9.17) is 23.7 Å². The fourth-order valence-electron chi connectivity index (χ4n) is 10.1. The number of rotatable bonds is 3. The molecule has 0 radical (unpaired) electrons. The molecule has 0 aliphatic carbocycles. The average molecular weight is 761 g/mol. The second-order valence-corrected chi connectivity index (χ2v) is 16.2. The summed E-state index contributed by atoms with van der Waals surface area (Å²) in [6, 6.07) is 3.42. The van der Waals surface area contributed by atoms with Crippen LogP contribution in [0.3, 0.4) is 0 Å². The highest BCUT2D eigenvalue weighted by Gasteiger charge is 2.61. The number of nitrogens with zero attached hydrogens (tertiary/aromatic N) is 2. The molecule has 0 aromatic heterocycles. The molecule has 7 aliphatic rings. The molecule has 3 aromatic carbocycles. The summed E-state index contributed by atoms with van der Waals surface area (Å²) in [5.41, 5.74) is 4.74. The van der Waals surface area contributed by atoms with Crippen LogP contribution in [0, 0.1) is 13.8 Å². The van der Waals surface area contributed by atoms with E-state index in [1.165, 1.54) is 25.8 Å². The second kappa shape index (κ2) is 12.6. The summed E-state index contributed by atoms with van der Waals surface area (Å²) in [5.74, 6) is 1.45. The Hall–Kier alpha value is -4.41. The van der Waals surface area contributed by atoms with Gasteiger partial charge in [-0.1, -0.05) is 6.07 Å². The molecule has 1 spiro atoms. The molecule has 1 unspecified atom stereocenters. The molecule has 1 amide bonds. The lowest BCUT2D eigenvalue weighted by molar-refractivity contribution is -0.173. The molecule has 2 saturated heterocycles. The van der Waals surface area contributed by atoms with Gasteiger partial charge in [-0.2, -0.15) is 0 Å². The van der Waals surface area contributed by atoms with E-state index in [1.54, 1.807) is 19.2 Å². The van der Waals surface area contributed by atoms with Crippen molar-refractivity contribution in [1.29, 1.82) is 0 Å². The number of likely N-dealkylation sites (N-methyl/N-ethyl adjacent to an activating group) is 1. The van der Waals surface area contributed by atoms with E-state index in [0.29, 0.717) is 59.1 Å². The van der Waals surface area contributed by atoms with Crippen LogP contribution in [0.5, 0.6) is 40.2 Å². The maximum absolute atomic E-state index is 14.8. The van der Waals surface area contributed by atoms with Gasteiger partial charge in [-0.05, 0) is 68.1 Å². The minimum absolute atomic E-state index is 0.00218. The van der Waals surface area contributed by atoms with E-state index in [2.05, 4.69) is 20.4 Å². The smallest absolute Gasteiger partial charge is 0.308 e. The van der Waals surface area contributed by atoms with Crippen LogP contribution in [0.1, 0.15) is 68.8 Å². The van der Waals surface area contributed by atoms with Gasteiger partial charge in [0.15, 0.2) is 34.5 Å². The normalized spacial score (nSPS) is 29.4. The number of thioether (sulfide) groups is 1. The van der Waals surface area contributed by atoms with E-state index >= 15 is 0 Å². The van der Waals surface area contributed by atoms with Gasteiger partial charge in [0.05, 0.1) is 37.6 Å². The van der Waals surface area contributed by atoms with Gasteiger partial charge < -0.3 is 44.3 Å². The van der Waals surface area contributed by atoms with Crippen molar-refractivity contribution in [3.63, 3.8) is 0 Å². The van der Waals surface area contributed by atoms with Crippen molar-refractivity contribution in [3.8, 4) is 40.2 Å². The van der Waals surface area contributed by atoms with Crippen LogP contribution in [0.4, 0.5) is 0 Å². The largest absolute Gasteiger partial charge is 0.504 e. The molecule has 7 heterocycles. The number of piperazine rings is 1. The quantitative estimate of drug-likeness (QED) is 0.195. The number of benzene rings is 3. The van der Waals surface area contributed by atoms with Gasteiger partial charge in [0, 0.05) is 54.1 Å². The maximum Gasteiger partial charge on any atom is 0.308 e. The number of hydrogen-bond donors (Lipinski definition) is 5. The lowest BCUT2D eigenvalue weighted by atomic mass is 9.72. The number of aromatic hydroxyl groups is 2. The second-order valence-electron chi connectivity index (χ2n) is 15.0. The van der Waals surface area contributed by atoms with E-state index in [0.717, 1.165) is 27.8 Å². The number of nitrogens with one attached hydrogen (secondary N) is 2. The maximum atomic E-state index is 14.8. The first-order chi connectivity index (χ1) is 25.9. The van der Waals surface area contributed by atoms with Gasteiger partial charge in [-0.3, -0.25) is 24.7 Å². The highest BCUT2D eigenvalue weighted by atomic mass is 32.2. The number of aryl methyl sites for hydroxylation is 1. The molecule has 7 aliphatic heterocycles. The van der Waals surface area contributed by atoms with Crippen molar-refractivity contribution in [3.05, 3.63) is 62.7 Å². The summed E-state index contributed by atoms with van der Waals surface area (Å²) in [6.07, 6.45) is 0.0600. The number of aliphatic hydroxyl groups is 1. The average Bonchev–Trinajstić information content (AvgIpc) is 3.63. The van der Waals surface area contributed by atoms with Crippen molar-refractivity contribution >= 4 is 23.6 Å². The van der Waals surface area contributed by atoms with Crippen molar-refractivity contribution in [2.24, 2.45) is 0 Å². The lowest BCUT2D eigenvalue weighted by Gasteiger charge is -2.62. The minimum atomic E-state index is -1.25. The van der Waals surface area contributed by atoms with Gasteiger partial charge in [0.25, 0.3) is 0 Å². The summed E-state index contributed by atoms with van der Waals surface area (Å²) in [4.78, 5) is 31.9. The number of methoxy groups -OCH3 is 2. The Kier molecular flexibility index (Phi) is 8.21. The Morgan fingerprint density at radius 1 is 1.04 bits per heavy atom. The van der Waals surface area contributed by atoms with Gasteiger partial charge in [-0.25, -0.2) is 0 Å². The fraction of sp³-hybridized carbons (Fsp3) is 0.487. The minimum Gasteiger partial charge on any atom is -0.504 e. The third-order valence-corrected chi connectivity index (χ3v) is 13.9. The highest BCUT2D eigenvalue weighted by molar-refractivity contribution is 7.99. The molecule has 7 atom stereocenters. The number of carbonyl (C=O) groups is 2. The van der Waals surface area contributed by atoms with E-state index in [9.17, 15) is 24.9 Å². The first kappa shape index (κ1) is 35.3. The summed E-state index contributed by atoms with van der Waals surface area (Å²) < 4.78 is 29.6. The zero-order valence-corrected chi connectivity index (χ0v) is 31.8. The predicted octanol–water partition coefficient (Wildman–Crippen LogP) is 2.99. The number of fused-ring (bicyclic) bond motifs is 9. The highest BCUT2D eigenvalue weighted by Crippen LogP contribution is 2.64. The topological polar surface area (TPSA) is 172 Å². The van der Waals surface area contributed by atoms with E-state index in [1.807, 2.05) is 27.0 Å². The van der Waals surface area contributed by atoms with Gasteiger partial charge in [0.1, 0.15) is 17.5 Å². The zero-order chi connectivity index (χ0) is 38.0. The van der Waals surface area contributed by atoms with Crippen LogP contribution in [0.2, 0.25) is 0 Å². The molecule has 2 fully saturated rings. The first-order valence-electron chi connectivity index (χ1n) is 18.2. The lowest BCUT2D eigenvalue weighted by Crippen LogP contribution is -2.70. The molecule has 286 valence electrons. The van der Waals surface area contributed by atoms with E-state index in [-0.39, 0.29) is 48.3 Å². The SMILES string of the molecule is COc1cc2c(cc1O)CCN[C@]21CS[C@@H]2c3c(OC(C)=O)c(C)c4c(c3[C@@H](CNC1=O)N1C2[C@H]2c3c(cc(C)c(OC)c3O)C[C@@H]([C@@H]1O)N2C)OCO4. The predicted molar refractivity (Wildman–Crippen MR) is 197 cm³/mol. The monoisotopic (exact) mass is 760 g/mol. The molecule has 54 heavy (non-hydrogen) atoms. The van der Waals surface area contributed by atoms with Gasteiger partial charge >= 0.3 is 5.97 Å². The number of esters is 1. The van der Waals surface area contributed by atoms with Crippen molar-refractivity contribution in [1.82, 2.24) is 20.4 Å². The standard InChI is InChI=1S/C39H44N4O10S/c1-16-9-20-10-22-37(47)43-23-13-40-38(48)39(21-12-25(49-5)24(45)11-19(21)7-8-41-39)14-54-36(30(43)29(42(22)4)26(20)31(46)32(16)50-6)28-27(23)35-34(51-15-52-35)17(2)33(28)53-18(3)44/h9,11-12,22-23,29-30,36-37,41,45-47H,7-8,10,13-15H2,1-6H3,(H,40,48)/t22-,23+,29+,30?,36+,37-,39+/m0/s1. The molecular weight excluding hydrogens is 717 g/mol. The Morgan fingerprint density at radius 3 is 2.56 bits per heavy atom. The number of phenolic OH excluding ortho intramolecular Hbond substituents is 2. The van der Waals surface area contributed by atoms with Crippen LogP contribution < -0.4 is 34.3 Å². The first-order valence-corrected chi connectivity index (χ1v) is 19.2. The van der Waals surface area contributed by atoms with Crippen molar-refractivity contribution < 1.29 is 48.6 Å². The fourth-order valence-corrected chi connectivity index (χ4v) is 11.8.